The van der Waals surface area contributed by atoms with Gasteiger partial charge in [-0.25, -0.2) is 4.79 Å². The van der Waals surface area contributed by atoms with Gasteiger partial charge in [0.05, 0.1) is 18.7 Å². The van der Waals surface area contributed by atoms with Crippen LogP contribution < -0.4 is 10.9 Å². The average Bonchev–Trinajstić information content (AvgIpc) is 2.70. The Bertz CT molecular complexity index is 946. The minimum atomic E-state index is -0.788. The lowest BCUT2D eigenvalue weighted by atomic mass is 10.2. The molecule has 0 radical (unpaired) electrons. The number of aromatic nitrogens is 1. The number of esters is 2. The fraction of sp³-hybridized carbons (Fsp3) is 0.294. The lowest BCUT2D eigenvalue weighted by molar-refractivity contribution is -0.143. The summed E-state index contributed by atoms with van der Waals surface area (Å²) in [6.07, 6.45) is 0. The molecule has 0 bridgehead atoms. The van der Waals surface area contributed by atoms with E-state index in [0.29, 0.717) is 0 Å². The molecular weight excluding hydrogens is 330 g/mol. The van der Waals surface area contributed by atoms with Crippen LogP contribution in [0, 0.1) is 0 Å². The van der Waals surface area contributed by atoms with Crippen LogP contribution in [0.1, 0.15) is 24.3 Å². The number of ether oxygens (including phenoxy) is 2. The Hall–Kier alpha value is -3.16. The lowest BCUT2D eigenvalue weighted by Crippen LogP contribution is -2.24. The van der Waals surface area contributed by atoms with E-state index in [9.17, 15) is 24.3 Å². The van der Waals surface area contributed by atoms with Crippen LogP contribution >= 0.6 is 0 Å². The van der Waals surface area contributed by atoms with Crippen LogP contribution in [0.4, 0.5) is 0 Å². The summed E-state index contributed by atoms with van der Waals surface area (Å²) < 4.78 is 11.0. The molecule has 2 rings (SSSR count). The van der Waals surface area contributed by atoms with E-state index >= 15 is 0 Å². The van der Waals surface area contributed by atoms with Crippen LogP contribution in [0.15, 0.2) is 33.9 Å². The highest BCUT2D eigenvalue weighted by atomic mass is 16.5. The summed E-state index contributed by atoms with van der Waals surface area (Å²) in [6, 6.07) is 4.34. The second-order valence-electron chi connectivity index (χ2n) is 5.03. The Morgan fingerprint density at radius 1 is 1.04 bits per heavy atom. The van der Waals surface area contributed by atoms with Gasteiger partial charge in [0.2, 0.25) is 5.43 Å². The monoisotopic (exact) mass is 347 g/mol. The van der Waals surface area contributed by atoms with Gasteiger partial charge in [0.15, 0.2) is 11.2 Å². The van der Waals surface area contributed by atoms with E-state index in [-0.39, 0.29) is 36.4 Å². The Kier molecular flexibility index (Phi) is 5.53. The summed E-state index contributed by atoms with van der Waals surface area (Å²) in [5, 5.41) is 9.56. The van der Waals surface area contributed by atoms with Gasteiger partial charge in [-0.05, 0) is 26.0 Å². The molecule has 1 N–H and O–H groups in total. The Labute approximate surface area is 142 Å². The Morgan fingerprint density at radius 3 is 2.36 bits per heavy atom. The molecule has 1 heterocycles. The van der Waals surface area contributed by atoms with Crippen molar-refractivity contribution < 1.29 is 24.2 Å². The van der Waals surface area contributed by atoms with Crippen LogP contribution in [-0.4, -0.2) is 34.8 Å². The van der Waals surface area contributed by atoms with Crippen molar-refractivity contribution in [3.63, 3.8) is 0 Å². The standard InChI is InChI=1S/C17H17NO7/c1-3-24-16(22)9-18-11-5-6-13(19)15(21)7-10(11)14(20)8-12(18)17(23)25-4-2/h5-8H,3-4,9H2,1-2H3,(H,19,21). The number of hydrogen-bond acceptors (Lipinski definition) is 7. The van der Waals surface area contributed by atoms with Gasteiger partial charge in [-0.2, -0.15) is 0 Å². The van der Waals surface area contributed by atoms with Crippen LogP contribution in [0.5, 0.6) is 5.75 Å². The molecule has 0 saturated carbocycles. The molecule has 0 aliphatic carbocycles. The molecule has 132 valence electrons. The number of fused-ring (bicyclic) bond motifs is 1. The van der Waals surface area contributed by atoms with E-state index in [1.54, 1.807) is 13.8 Å². The van der Waals surface area contributed by atoms with Crippen LogP contribution in [0.2, 0.25) is 0 Å². The number of nitrogens with zero attached hydrogens (tertiary/aromatic N) is 1. The minimum Gasteiger partial charge on any atom is -0.504 e. The SMILES string of the molecule is CCOC(=O)Cn1c(C(=O)OCC)cc(=O)c2cc(=O)c(O)ccc21. The first-order valence-corrected chi connectivity index (χ1v) is 7.62. The number of pyridine rings is 1. The maximum Gasteiger partial charge on any atom is 0.355 e. The lowest BCUT2D eigenvalue weighted by Gasteiger charge is -2.14. The molecular formula is C17H17NO7. The molecule has 0 aliphatic rings. The Balaban J connectivity index is 2.83. The molecule has 0 unspecified atom stereocenters. The van der Waals surface area contributed by atoms with Crippen molar-refractivity contribution in [2.75, 3.05) is 13.2 Å². The molecule has 0 fully saturated rings. The summed E-state index contributed by atoms with van der Waals surface area (Å²) in [6.45, 7) is 3.10. The van der Waals surface area contributed by atoms with Crippen molar-refractivity contribution in [2.24, 2.45) is 0 Å². The molecule has 0 amide bonds. The zero-order chi connectivity index (χ0) is 18.6. The van der Waals surface area contributed by atoms with Gasteiger partial charge in [0.25, 0.3) is 0 Å². The fourth-order valence-electron chi connectivity index (χ4n) is 2.33. The van der Waals surface area contributed by atoms with E-state index in [1.165, 1.54) is 10.6 Å². The molecule has 25 heavy (non-hydrogen) atoms. The van der Waals surface area contributed by atoms with Gasteiger partial charge < -0.3 is 19.1 Å². The predicted molar refractivity (Wildman–Crippen MR) is 88.7 cm³/mol. The number of rotatable bonds is 5. The molecule has 8 nitrogen and oxygen atoms in total. The van der Waals surface area contributed by atoms with Crippen molar-refractivity contribution in [1.82, 2.24) is 4.57 Å². The first-order valence-electron chi connectivity index (χ1n) is 7.62. The summed E-state index contributed by atoms with van der Waals surface area (Å²) in [4.78, 5) is 48.1. The van der Waals surface area contributed by atoms with Crippen LogP contribution in [0.3, 0.4) is 0 Å². The van der Waals surface area contributed by atoms with Gasteiger partial charge >= 0.3 is 11.9 Å². The van der Waals surface area contributed by atoms with Crippen LogP contribution in [-0.2, 0) is 20.8 Å². The van der Waals surface area contributed by atoms with Crippen LogP contribution in [0.25, 0.3) is 10.9 Å². The van der Waals surface area contributed by atoms with Gasteiger partial charge in [-0.15, -0.1) is 0 Å². The minimum absolute atomic E-state index is 0.0392. The number of carbonyl (C=O) groups excluding carboxylic acids is 2. The first-order chi connectivity index (χ1) is 11.9. The third kappa shape index (κ3) is 3.85. The van der Waals surface area contributed by atoms with Crippen molar-refractivity contribution in [3.05, 3.63) is 50.4 Å². The molecule has 0 aliphatic heterocycles. The third-order valence-corrected chi connectivity index (χ3v) is 3.39. The third-order valence-electron chi connectivity index (χ3n) is 3.39. The fourth-order valence-corrected chi connectivity index (χ4v) is 2.33. The molecule has 0 saturated heterocycles. The van der Waals surface area contributed by atoms with Gasteiger partial charge in [0.1, 0.15) is 12.2 Å². The first kappa shape index (κ1) is 18.2. The summed E-state index contributed by atoms with van der Waals surface area (Å²) >= 11 is 0. The van der Waals surface area contributed by atoms with Gasteiger partial charge in [-0.1, -0.05) is 0 Å². The van der Waals surface area contributed by atoms with Crippen molar-refractivity contribution >= 4 is 22.8 Å². The molecule has 0 atom stereocenters. The zero-order valence-electron chi connectivity index (χ0n) is 13.8. The van der Waals surface area contributed by atoms with Crippen molar-refractivity contribution in [2.45, 2.75) is 20.4 Å². The highest BCUT2D eigenvalue weighted by Crippen LogP contribution is 2.15. The maximum absolute atomic E-state index is 12.3. The molecule has 1 aromatic carbocycles. The summed E-state index contributed by atoms with van der Waals surface area (Å²) in [5.74, 6) is -1.98. The summed E-state index contributed by atoms with van der Waals surface area (Å²) in [7, 11) is 0. The van der Waals surface area contributed by atoms with Gasteiger partial charge in [-0.3, -0.25) is 14.4 Å². The van der Waals surface area contributed by atoms with Crippen molar-refractivity contribution in [1.29, 1.82) is 0 Å². The van der Waals surface area contributed by atoms with E-state index < -0.39 is 28.5 Å². The van der Waals surface area contributed by atoms with E-state index in [0.717, 1.165) is 18.2 Å². The van der Waals surface area contributed by atoms with Crippen molar-refractivity contribution in [3.8, 4) is 5.75 Å². The number of hydrogen-bond donors (Lipinski definition) is 1. The molecule has 0 spiro atoms. The highest BCUT2D eigenvalue weighted by molar-refractivity contribution is 5.92. The smallest absolute Gasteiger partial charge is 0.355 e. The normalized spacial score (nSPS) is 10.5. The predicted octanol–water partition coefficient (Wildman–Crippen LogP) is 0.807. The van der Waals surface area contributed by atoms with E-state index in [1.807, 2.05) is 0 Å². The average molecular weight is 347 g/mol. The largest absolute Gasteiger partial charge is 0.504 e. The quantitative estimate of drug-likeness (QED) is 0.796. The number of carbonyl (C=O) groups is 2. The second kappa shape index (κ2) is 7.61. The Morgan fingerprint density at radius 2 is 1.72 bits per heavy atom. The van der Waals surface area contributed by atoms with Gasteiger partial charge in [0, 0.05) is 17.5 Å². The van der Waals surface area contributed by atoms with E-state index in [2.05, 4.69) is 0 Å². The highest BCUT2D eigenvalue weighted by Gasteiger charge is 2.19. The zero-order valence-corrected chi connectivity index (χ0v) is 13.8. The maximum atomic E-state index is 12.3. The summed E-state index contributed by atoms with van der Waals surface area (Å²) in [5.41, 5.74) is -1.38. The molecule has 8 heteroatoms. The topological polar surface area (TPSA) is 112 Å². The van der Waals surface area contributed by atoms with E-state index in [4.69, 9.17) is 9.47 Å². The molecule has 2 aromatic rings. The second-order valence-corrected chi connectivity index (χ2v) is 5.03. The molecule has 1 aromatic heterocycles. The number of aromatic hydroxyl groups is 1.